The Morgan fingerprint density at radius 2 is 1.72 bits per heavy atom. The molecule has 160 valence electrons. The predicted molar refractivity (Wildman–Crippen MR) is 123 cm³/mol. The molecule has 3 aliphatic carbocycles. The first-order valence-corrected chi connectivity index (χ1v) is 12.6. The monoisotopic (exact) mass is 394 g/mol. The summed E-state index contributed by atoms with van der Waals surface area (Å²) >= 11 is 0. The van der Waals surface area contributed by atoms with E-state index in [0.717, 1.165) is 30.3 Å². The van der Waals surface area contributed by atoms with Crippen LogP contribution in [0.15, 0.2) is 30.9 Å². The molecule has 0 heterocycles. The van der Waals surface area contributed by atoms with Gasteiger partial charge < -0.3 is 4.74 Å². The molecule has 5 atom stereocenters. The van der Waals surface area contributed by atoms with Crippen molar-refractivity contribution in [2.75, 3.05) is 6.61 Å². The van der Waals surface area contributed by atoms with Gasteiger partial charge in [-0.05, 0) is 111 Å². The number of ether oxygens (including phenoxy) is 1. The highest BCUT2D eigenvalue weighted by Crippen LogP contribution is 2.47. The van der Waals surface area contributed by atoms with Gasteiger partial charge in [-0.2, -0.15) is 0 Å². The maximum absolute atomic E-state index is 5.99. The number of aryl methyl sites for hydroxylation is 2. The van der Waals surface area contributed by atoms with E-state index in [1.807, 2.05) is 6.08 Å². The smallest absolute Gasteiger partial charge is 0.0648 e. The molecule has 2 saturated carbocycles. The number of benzene rings is 1. The van der Waals surface area contributed by atoms with Crippen LogP contribution in [0.1, 0.15) is 87.8 Å². The van der Waals surface area contributed by atoms with Crippen molar-refractivity contribution in [3.63, 3.8) is 0 Å². The minimum Gasteiger partial charge on any atom is -0.374 e. The Labute approximate surface area is 179 Å². The van der Waals surface area contributed by atoms with Crippen LogP contribution in [0.3, 0.4) is 0 Å². The maximum atomic E-state index is 5.99. The maximum Gasteiger partial charge on any atom is 0.0648 e. The van der Waals surface area contributed by atoms with Gasteiger partial charge in [0.05, 0.1) is 12.7 Å². The van der Waals surface area contributed by atoms with Gasteiger partial charge in [0.25, 0.3) is 0 Å². The Morgan fingerprint density at radius 3 is 2.55 bits per heavy atom. The lowest BCUT2D eigenvalue weighted by atomic mass is 9.62. The molecule has 0 aromatic heterocycles. The molecule has 4 rings (SSSR count). The Kier molecular flexibility index (Phi) is 7.51. The molecule has 1 heteroatoms. The molecule has 0 spiro atoms. The molecule has 0 bridgehead atoms. The lowest BCUT2D eigenvalue weighted by molar-refractivity contribution is -0.0137. The van der Waals surface area contributed by atoms with Gasteiger partial charge in [0.2, 0.25) is 0 Å². The number of hydrogen-bond donors (Lipinski definition) is 0. The normalized spacial score (nSPS) is 31.7. The molecule has 0 saturated heterocycles. The van der Waals surface area contributed by atoms with Crippen LogP contribution in [0.25, 0.3) is 0 Å². The zero-order chi connectivity index (χ0) is 20.1. The predicted octanol–water partition coefficient (Wildman–Crippen LogP) is 7.31. The van der Waals surface area contributed by atoms with Crippen molar-refractivity contribution >= 4 is 0 Å². The number of hydrogen-bond acceptors (Lipinski definition) is 1. The molecule has 2 fully saturated rings. The number of unbranched alkanes of at least 4 members (excludes halogenated alkanes) is 2. The van der Waals surface area contributed by atoms with Crippen molar-refractivity contribution < 1.29 is 4.74 Å². The van der Waals surface area contributed by atoms with Crippen molar-refractivity contribution in [3.8, 4) is 0 Å². The van der Waals surface area contributed by atoms with Crippen molar-refractivity contribution in [3.05, 3.63) is 47.5 Å². The lowest BCUT2D eigenvalue weighted by Crippen LogP contribution is -2.37. The zero-order valence-electron chi connectivity index (χ0n) is 18.7. The van der Waals surface area contributed by atoms with Gasteiger partial charge >= 0.3 is 0 Å². The summed E-state index contributed by atoms with van der Waals surface area (Å²) in [6.45, 7) is 6.82. The third-order valence-corrected chi connectivity index (χ3v) is 8.33. The van der Waals surface area contributed by atoms with E-state index in [0.29, 0.717) is 6.10 Å². The Bertz CT molecular complexity index is 662. The van der Waals surface area contributed by atoms with E-state index in [1.165, 1.54) is 83.5 Å². The Hall–Kier alpha value is -1.08. The summed E-state index contributed by atoms with van der Waals surface area (Å²) in [5.74, 6) is 3.81. The van der Waals surface area contributed by atoms with Crippen LogP contribution < -0.4 is 0 Å². The van der Waals surface area contributed by atoms with Crippen molar-refractivity contribution in [1.29, 1.82) is 0 Å². The molecule has 5 unspecified atom stereocenters. The van der Waals surface area contributed by atoms with E-state index >= 15 is 0 Å². The quantitative estimate of drug-likeness (QED) is 0.332. The highest BCUT2D eigenvalue weighted by atomic mass is 16.5. The highest BCUT2D eigenvalue weighted by molar-refractivity contribution is 5.34. The molecule has 0 aliphatic heterocycles. The van der Waals surface area contributed by atoms with Gasteiger partial charge in [-0.25, -0.2) is 0 Å². The van der Waals surface area contributed by atoms with E-state index < -0.39 is 0 Å². The van der Waals surface area contributed by atoms with Gasteiger partial charge in [0.15, 0.2) is 0 Å². The third kappa shape index (κ3) is 5.35. The lowest BCUT2D eigenvalue weighted by Gasteiger charge is -2.45. The standard InChI is InChI=1S/C28H42O/c1-3-5-6-7-21-8-9-23-18-24(11-10-22(23)17-21)25-12-13-27-20-28(29-16-4-2)15-14-26(27)19-25/h4,8-9,17,24-28H,2-3,5-7,10-16,18-20H2,1H3. The second-order valence-electron chi connectivity index (χ2n) is 10.2. The van der Waals surface area contributed by atoms with Crippen LogP contribution in [0.2, 0.25) is 0 Å². The first-order valence-electron chi connectivity index (χ1n) is 12.6. The average Bonchev–Trinajstić information content (AvgIpc) is 2.77. The van der Waals surface area contributed by atoms with Gasteiger partial charge in [-0.15, -0.1) is 6.58 Å². The zero-order valence-corrected chi connectivity index (χ0v) is 18.7. The van der Waals surface area contributed by atoms with Crippen LogP contribution in [0.4, 0.5) is 0 Å². The Balaban J connectivity index is 1.30. The summed E-state index contributed by atoms with van der Waals surface area (Å²) in [4.78, 5) is 0. The number of fused-ring (bicyclic) bond motifs is 2. The first kappa shape index (κ1) is 21.2. The van der Waals surface area contributed by atoms with Crippen LogP contribution in [0.5, 0.6) is 0 Å². The van der Waals surface area contributed by atoms with Crippen molar-refractivity contribution in [2.45, 2.75) is 96.5 Å². The van der Waals surface area contributed by atoms with E-state index in [9.17, 15) is 0 Å². The van der Waals surface area contributed by atoms with Crippen LogP contribution >= 0.6 is 0 Å². The van der Waals surface area contributed by atoms with Gasteiger partial charge in [0, 0.05) is 0 Å². The second-order valence-corrected chi connectivity index (χ2v) is 10.2. The second kappa shape index (κ2) is 10.3. The molecule has 0 amide bonds. The molecule has 1 aromatic carbocycles. The molecular weight excluding hydrogens is 352 g/mol. The van der Waals surface area contributed by atoms with E-state index in [-0.39, 0.29) is 0 Å². The molecule has 0 radical (unpaired) electrons. The van der Waals surface area contributed by atoms with Crippen molar-refractivity contribution in [1.82, 2.24) is 0 Å². The van der Waals surface area contributed by atoms with Crippen LogP contribution in [-0.2, 0) is 24.0 Å². The number of rotatable bonds is 8. The SMILES string of the molecule is C=CCOC1CCC2CC(C3CCc4cc(CCCCC)ccc4C3)CCC2C1. The summed E-state index contributed by atoms with van der Waals surface area (Å²) < 4.78 is 5.99. The fourth-order valence-electron chi connectivity index (χ4n) is 6.64. The summed E-state index contributed by atoms with van der Waals surface area (Å²) in [6.07, 6.45) is 20.2. The molecular formula is C28H42O. The Morgan fingerprint density at radius 1 is 0.931 bits per heavy atom. The highest BCUT2D eigenvalue weighted by Gasteiger charge is 2.38. The van der Waals surface area contributed by atoms with Gasteiger partial charge in [0.1, 0.15) is 0 Å². The fraction of sp³-hybridized carbons (Fsp3) is 0.714. The molecule has 0 N–H and O–H groups in total. The van der Waals surface area contributed by atoms with E-state index in [4.69, 9.17) is 4.74 Å². The summed E-state index contributed by atoms with van der Waals surface area (Å²) in [5, 5.41) is 0. The minimum absolute atomic E-state index is 0.499. The third-order valence-electron chi connectivity index (χ3n) is 8.33. The molecule has 1 nitrogen and oxygen atoms in total. The minimum atomic E-state index is 0.499. The van der Waals surface area contributed by atoms with Crippen molar-refractivity contribution in [2.24, 2.45) is 23.7 Å². The molecule has 3 aliphatic rings. The van der Waals surface area contributed by atoms with E-state index in [1.54, 1.807) is 16.7 Å². The largest absolute Gasteiger partial charge is 0.374 e. The molecule has 29 heavy (non-hydrogen) atoms. The summed E-state index contributed by atoms with van der Waals surface area (Å²) in [5.41, 5.74) is 4.92. The van der Waals surface area contributed by atoms with Crippen LogP contribution in [-0.4, -0.2) is 12.7 Å². The molecule has 1 aromatic rings. The van der Waals surface area contributed by atoms with Gasteiger partial charge in [-0.1, -0.05) is 44.0 Å². The fourth-order valence-corrected chi connectivity index (χ4v) is 6.64. The summed E-state index contributed by atoms with van der Waals surface area (Å²) in [6, 6.07) is 7.46. The van der Waals surface area contributed by atoms with E-state index in [2.05, 4.69) is 31.7 Å². The van der Waals surface area contributed by atoms with Crippen LogP contribution in [0, 0.1) is 23.7 Å². The first-order chi connectivity index (χ1) is 14.3. The summed E-state index contributed by atoms with van der Waals surface area (Å²) in [7, 11) is 0. The average molecular weight is 395 g/mol. The topological polar surface area (TPSA) is 9.23 Å². The van der Waals surface area contributed by atoms with Gasteiger partial charge in [-0.3, -0.25) is 0 Å².